The average molecular weight is 250 g/mol. The highest BCUT2D eigenvalue weighted by Crippen LogP contribution is 2.37. The standard InChI is InChI=1S/C13H22N4O/c1-17(2)12-14-8-5-11(16-12)15-9-13(10-18)6-3-4-7-13/h5,8,18H,3-4,6-7,9-10H2,1-2H3,(H,14,15,16). The van der Waals surface area contributed by atoms with Crippen molar-refractivity contribution in [3.8, 4) is 0 Å². The number of aliphatic hydroxyl groups excluding tert-OH is 1. The van der Waals surface area contributed by atoms with Crippen LogP contribution in [0.2, 0.25) is 0 Å². The maximum Gasteiger partial charge on any atom is 0.226 e. The monoisotopic (exact) mass is 250 g/mol. The first-order valence-electron chi connectivity index (χ1n) is 6.50. The second-order valence-corrected chi connectivity index (χ2v) is 5.36. The summed E-state index contributed by atoms with van der Waals surface area (Å²) < 4.78 is 0. The summed E-state index contributed by atoms with van der Waals surface area (Å²) in [6, 6.07) is 1.87. The van der Waals surface area contributed by atoms with Crippen molar-refractivity contribution in [1.82, 2.24) is 9.97 Å². The zero-order valence-electron chi connectivity index (χ0n) is 11.2. The number of aromatic nitrogens is 2. The molecule has 0 aliphatic heterocycles. The summed E-state index contributed by atoms with van der Waals surface area (Å²) >= 11 is 0. The molecule has 0 spiro atoms. The first kappa shape index (κ1) is 13.1. The largest absolute Gasteiger partial charge is 0.396 e. The molecule has 2 N–H and O–H groups in total. The lowest BCUT2D eigenvalue weighted by atomic mass is 9.87. The van der Waals surface area contributed by atoms with Gasteiger partial charge in [-0.05, 0) is 18.9 Å². The lowest BCUT2D eigenvalue weighted by Crippen LogP contribution is -2.30. The van der Waals surface area contributed by atoms with Crippen LogP contribution in [0.25, 0.3) is 0 Å². The Morgan fingerprint density at radius 1 is 1.39 bits per heavy atom. The van der Waals surface area contributed by atoms with Crippen molar-refractivity contribution in [1.29, 1.82) is 0 Å². The van der Waals surface area contributed by atoms with E-state index in [1.54, 1.807) is 6.20 Å². The number of rotatable bonds is 5. The fourth-order valence-electron chi connectivity index (χ4n) is 2.46. The maximum absolute atomic E-state index is 9.56. The summed E-state index contributed by atoms with van der Waals surface area (Å²) in [4.78, 5) is 10.5. The summed E-state index contributed by atoms with van der Waals surface area (Å²) in [5.74, 6) is 1.53. The maximum atomic E-state index is 9.56. The predicted octanol–water partition coefficient (Wildman–Crippen LogP) is 1.51. The van der Waals surface area contributed by atoms with Crippen LogP contribution in [0.5, 0.6) is 0 Å². The van der Waals surface area contributed by atoms with Crippen molar-refractivity contribution >= 4 is 11.8 Å². The normalized spacial score (nSPS) is 17.7. The minimum atomic E-state index is 0.0449. The Hall–Kier alpha value is -1.36. The first-order chi connectivity index (χ1) is 8.65. The van der Waals surface area contributed by atoms with E-state index in [2.05, 4.69) is 15.3 Å². The van der Waals surface area contributed by atoms with Gasteiger partial charge in [0, 0.05) is 32.3 Å². The van der Waals surface area contributed by atoms with Crippen LogP contribution >= 0.6 is 0 Å². The molecule has 1 aromatic heterocycles. The van der Waals surface area contributed by atoms with Crippen LogP contribution < -0.4 is 10.2 Å². The van der Waals surface area contributed by atoms with Gasteiger partial charge in [-0.2, -0.15) is 4.98 Å². The summed E-state index contributed by atoms with van der Waals surface area (Å²) in [5, 5.41) is 12.9. The van der Waals surface area contributed by atoms with Crippen molar-refractivity contribution in [3.63, 3.8) is 0 Å². The molecule has 100 valence electrons. The van der Waals surface area contributed by atoms with Gasteiger partial charge < -0.3 is 15.3 Å². The number of nitrogens with one attached hydrogen (secondary N) is 1. The van der Waals surface area contributed by atoms with Crippen LogP contribution in [0.15, 0.2) is 12.3 Å². The van der Waals surface area contributed by atoms with Gasteiger partial charge in [0.15, 0.2) is 0 Å². The van der Waals surface area contributed by atoms with E-state index in [0.717, 1.165) is 25.2 Å². The van der Waals surface area contributed by atoms with E-state index in [0.29, 0.717) is 5.95 Å². The summed E-state index contributed by atoms with van der Waals surface area (Å²) in [6.07, 6.45) is 6.39. The fraction of sp³-hybridized carbons (Fsp3) is 0.692. The van der Waals surface area contributed by atoms with Gasteiger partial charge in [-0.1, -0.05) is 12.8 Å². The van der Waals surface area contributed by atoms with Gasteiger partial charge in [0.1, 0.15) is 5.82 Å². The van der Waals surface area contributed by atoms with Crippen molar-refractivity contribution in [3.05, 3.63) is 12.3 Å². The second-order valence-electron chi connectivity index (χ2n) is 5.36. The molecule has 5 heteroatoms. The van der Waals surface area contributed by atoms with E-state index < -0.39 is 0 Å². The number of nitrogens with zero attached hydrogens (tertiary/aromatic N) is 3. The Bertz CT molecular complexity index is 388. The van der Waals surface area contributed by atoms with Crippen LogP contribution in [-0.2, 0) is 0 Å². The SMILES string of the molecule is CN(C)c1nccc(NCC2(CO)CCCC2)n1. The van der Waals surface area contributed by atoms with Crippen LogP contribution in [0.4, 0.5) is 11.8 Å². The minimum Gasteiger partial charge on any atom is -0.396 e. The fourth-order valence-corrected chi connectivity index (χ4v) is 2.46. The van der Waals surface area contributed by atoms with Crippen LogP contribution in [0.3, 0.4) is 0 Å². The highest BCUT2D eigenvalue weighted by atomic mass is 16.3. The molecule has 0 unspecified atom stereocenters. The Morgan fingerprint density at radius 2 is 2.11 bits per heavy atom. The molecule has 0 radical (unpaired) electrons. The van der Waals surface area contributed by atoms with Crippen LogP contribution in [-0.4, -0.2) is 42.3 Å². The molecule has 0 saturated heterocycles. The third-order valence-electron chi connectivity index (χ3n) is 3.69. The molecule has 0 bridgehead atoms. The Balaban J connectivity index is 1.99. The van der Waals surface area contributed by atoms with E-state index in [9.17, 15) is 5.11 Å². The summed E-state index contributed by atoms with van der Waals surface area (Å²) in [6.45, 7) is 1.04. The molecule has 5 nitrogen and oxygen atoms in total. The van der Waals surface area contributed by atoms with Gasteiger partial charge in [0.2, 0.25) is 5.95 Å². The average Bonchev–Trinajstić information content (AvgIpc) is 2.86. The van der Waals surface area contributed by atoms with Crippen molar-refractivity contribution < 1.29 is 5.11 Å². The molecular weight excluding hydrogens is 228 g/mol. The molecule has 18 heavy (non-hydrogen) atoms. The number of anilines is 2. The smallest absolute Gasteiger partial charge is 0.226 e. The van der Waals surface area contributed by atoms with E-state index in [1.807, 2.05) is 25.1 Å². The van der Waals surface area contributed by atoms with Gasteiger partial charge >= 0.3 is 0 Å². The van der Waals surface area contributed by atoms with E-state index in [-0.39, 0.29) is 12.0 Å². The number of aliphatic hydroxyl groups is 1. The van der Waals surface area contributed by atoms with Crippen molar-refractivity contribution in [2.75, 3.05) is 37.5 Å². The van der Waals surface area contributed by atoms with Crippen LogP contribution in [0, 0.1) is 5.41 Å². The molecule has 2 rings (SSSR count). The highest BCUT2D eigenvalue weighted by Gasteiger charge is 2.32. The molecule has 1 aromatic rings. The Morgan fingerprint density at radius 3 is 2.72 bits per heavy atom. The summed E-state index contributed by atoms with van der Waals surface area (Å²) in [5.41, 5.74) is 0.0449. The number of hydrogen-bond acceptors (Lipinski definition) is 5. The van der Waals surface area contributed by atoms with Crippen LogP contribution in [0.1, 0.15) is 25.7 Å². The third-order valence-corrected chi connectivity index (χ3v) is 3.69. The molecule has 1 saturated carbocycles. The van der Waals surface area contributed by atoms with E-state index in [4.69, 9.17) is 0 Å². The molecule has 0 amide bonds. The van der Waals surface area contributed by atoms with E-state index >= 15 is 0 Å². The zero-order chi connectivity index (χ0) is 13.0. The zero-order valence-corrected chi connectivity index (χ0v) is 11.2. The van der Waals surface area contributed by atoms with Gasteiger partial charge in [-0.3, -0.25) is 0 Å². The Labute approximate surface area is 108 Å². The molecule has 1 aliphatic rings. The second kappa shape index (κ2) is 5.52. The highest BCUT2D eigenvalue weighted by molar-refractivity contribution is 5.40. The minimum absolute atomic E-state index is 0.0449. The molecule has 1 heterocycles. The third kappa shape index (κ3) is 2.90. The van der Waals surface area contributed by atoms with Crippen molar-refractivity contribution in [2.45, 2.75) is 25.7 Å². The van der Waals surface area contributed by atoms with E-state index in [1.165, 1.54) is 12.8 Å². The van der Waals surface area contributed by atoms with Gasteiger partial charge in [-0.25, -0.2) is 4.98 Å². The number of hydrogen-bond donors (Lipinski definition) is 2. The van der Waals surface area contributed by atoms with Gasteiger partial charge in [0.05, 0.1) is 6.61 Å². The molecular formula is C13H22N4O. The summed E-state index contributed by atoms with van der Waals surface area (Å²) in [7, 11) is 3.84. The lowest BCUT2D eigenvalue weighted by Gasteiger charge is -2.27. The molecule has 0 atom stereocenters. The molecule has 1 aliphatic carbocycles. The predicted molar refractivity (Wildman–Crippen MR) is 72.8 cm³/mol. The molecule has 0 aromatic carbocycles. The first-order valence-corrected chi connectivity index (χ1v) is 6.50. The molecule has 1 fully saturated rings. The van der Waals surface area contributed by atoms with Gasteiger partial charge in [0.25, 0.3) is 0 Å². The quantitative estimate of drug-likeness (QED) is 0.829. The van der Waals surface area contributed by atoms with Gasteiger partial charge in [-0.15, -0.1) is 0 Å². The lowest BCUT2D eigenvalue weighted by molar-refractivity contribution is 0.142. The Kier molecular flexibility index (Phi) is 4.01. The van der Waals surface area contributed by atoms with Crippen molar-refractivity contribution in [2.24, 2.45) is 5.41 Å². The topological polar surface area (TPSA) is 61.3 Å².